The molecule has 0 aromatic heterocycles. The van der Waals surface area contributed by atoms with Crippen molar-refractivity contribution in [3.05, 3.63) is 0 Å². The lowest BCUT2D eigenvalue weighted by Crippen LogP contribution is -2.51. The molecule has 2 heterocycles. The van der Waals surface area contributed by atoms with E-state index in [0.717, 1.165) is 43.5 Å². The first-order chi connectivity index (χ1) is 13.8. The van der Waals surface area contributed by atoms with Gasteiger partial charge < -0.3 is 5.32 Å². The predicted octanol–water partition coefficient (Wildman–Crippen LogP) is 1.08. The van der Waals surface area contributed by atoms with Crippen LogP contribution in [-0.4, -0.2) is 51.7 Å². The Kier molecular flexibility index (Phi) is 5.08. The molecule has 29 heavy (non-hydrogen) atoms. The van der Waals surface area contributed by atoms with Crippen molar-refractivity contribution in [1.82, 2.24) is 20.7 Å². The van der Waals surface area contributed by atoms with E-state index in [1.54, 1.807) is 0 Å². The van der Waals surface area contributed by atoms with Crippen LogP contribution in [0.5, 0.6) is 0 Å². The fraction of sp³-hybridized carbons (Fsp3) is 0.750. The number of imide groups is 2. The quantitative estimate of drug-likeness (QED) is 0.537. The molecule has 4 rings (SSSR count). The molecule has 4 aliphatic rings. The first-order valence-electron chi connectivity index (χ1n) is 10.6. The molecule has 0 bridgehead atoms. The summed E-state index contributed by atoms with van der Waals surface area (Å²) in [5, 5.41) is 3.50. The van der Waals surface area contributed by atoms with Crippen LogP contribution in [0.4, 0.5) is 4.79 Å². The number of nitrogens with one attached hydrogen (secondary N) is 2. The summed E-state index contributed by atoms with van der Waals surface area (Å²) in [6.45, 7) is 2.09. The van der Waals surface area contributed by atoms with Gasteiger partial charge in [-0.15, -0.1) is 0 Å². The summed E-state index contributed by atoms with van der Waals surface area (Å²) in [4.78, 5) is 63.6. The molecule has 0 aromatic carbocycles. The van der Waals surface area contributed by atoms with Crippen molar-refractivity contribution in [2.45, 2.75) is 70.3 Å². The first kappa shape index (κ1) is 19.8. The molecule has 9 nitrogen and oxygen atoms in total. The zero-order valence-electron chi connectivity index (χ0n) is 16.7. The zero-order valence-corrected chi connectivity index (χ0v) is 16.7. The van der Waals surface area contributed by atoms with Crippen molar-refractivity contribution in [2.24, 2.45) is 17.8 Å². The fourth-order valence-electron chi connectivity index (χ4n) is 5.16. The molecule has 6 amide bonds. The third kappa shape index (κ3) is 3.40. The lowest BCUT2D eigenvalue weighted by Gasteiger charge is -2.33. The first-order valence-corrected chi connectivity index (χ1v) is 10.6. The van der Waals surface area contributed by atoms with Crippen LogP contribution < -0.4 is 10.7 Å². The maximum atomic E-state index is 12.8. The maximum absolute atomic E-state index is 12.8. The molecule has 158 valence electrons. The molecule has 4 fully saturated rings. The second-order valence-corrected chi connectivity index (χ2v) is 8.95. The molecule has 9 heteroatoms. The second kappa shape index (κ2) is 7.42. The van der Waals surface area contributed by atoms with Gasteiger partial charge in [0.15, 0.2) is 0 Å². The summed E-state index contributed by atoms with van der Waals surface area (Å²) in [5.41, 5.74) is 1.44. The molecule has 2 N–H and O–H groups in total. The summed E-state index contributed by atoms with van der Waals surface area (Å²) in [5.74, 6) is -1.38. The van der Waals surface area contributed by atoms with E-state index in [4.69, 9.17) is 0 Å². The number of nitrogens with zero attached hydrogens (tertiary/aromatic N) is 2. The number of hydrazine groups is 1. The van der Waals surface area contributed by atoms with Gasteiger partial charge in [0.1, 0.15) is 5.54 Å². The zero-order chi connectivity index (χ0) is 20.8. The molecular weight excluding hydrogens is 376 g/mol. The Morgan fingerprint density at radius 2 is 1.62 bits per heavy atom. The minimum Gasteiger partial charge on any atom is -0.322 e. The van der Waals surface area contributed by atoms with Gasteiger partial charge >= 0.3 is 6.03 Å². The normalized spacial score (nSPS) is 34.6. The molecule has 2 aliphatic carbocycles. The molecule has 0 aromatic rings. The van der Waals surface area contributed by atoms with E-state index in [-0.39, 0.29) is 36.6 Å². The van der Waals surface area contributed by atoms with Crippen molar-refractivity contribution < 1.29 is 24.0 Å². The highest BCUT2D eigenvalue weighted by Crippen LogP contribution is 2.38. The van der Waals surface area contributed by atoms with E-state index >= 15 is 0 Å². The minimum absolute atomic E-state index is 0.0250. The number of amides is 6. The minimum atomic E-state index is -0.923. The molecule has 1 spiro atoms. The highest BCUT2D eigenvalue weighted by atomic mass is 16.2. The number of fused-ring (bicyclic) bond motifs is 1. The SMILES string of the molecule is CC1CCC2(CC1)NC(=O)N(NC(=O)CCN1C(=O)[C@H]3CCCC[C@@H]3C1=O)C2=O. The summed E-state index contributed by atoms with van der Waals surface area (Å²) in [6.07, 6.45) is 6.00. The molecule has 0 unspecified atom stereocenters. The van der Waals surface area contributed by atoms with Gasteiger partial charge in [0.2, 0.25) is 17.7 Å². The van der Waals surface area contributed by atoms with E-state index in [1.165, 1.54) is 4.90 Å². The second-order valence-electron chi connectivity index (χ2n) is 8.95. The topological polar surface area (TPSA) is 116 Å². The average molecular weight is 404 g/mol. The third-order valence-corrected chi connectivity index (χ3v) is 7.02. The Bertz CT molecular complexity index is 734. The van der Waals surface area contributed by atoms with Crippen molar-refractivity contribution in [1.29, 1.82) is 0 Å². The number of hydrogen-bond donors (Lipinski definition) is 2. The van der Waals surface area contributed by atoms with Gasteiger partial charge in [-0.1, -0.05) is 19.8 Å². The van der Waals surface area contributed by atoms with Crippen LogP contribution in [0, 0.1) is 17.8 Å². The molecule has 2 aliphatic heterocycles. The number of hydrogen-bond acceptors (Lipinski definition) is 5. The summed E-state index contributed by atoms with van der Waals surface area (Å²) >= 11 is 0. The van der Waals surface area contributed by atoms with Gasteiger partial charge in [0, 0.05) is 13.0 Å². The van der Waals surface area contributed by atoms with Crippen LogP contribution in [0.3, 0.4) is 0 Å². The fourth-order valence-corrected chi connectivity index (χ4v) is 5.16. The molecule has 2 saturated carbocycles. The average Bonchev–Trinajstić information content (AvgIpc) is 3.09. The maximum Gasteiger partial charge on any atom is 0.344 e. The number of carbonyl (C=O) groups excluding carboxylic acids is 5. The van der Waals surface area contributed by atoms with Crippen molar-refractivity contribution in [3.8, 4) is 0 Å². The van der Waals surface area contributed by atoms with Gasteiger partial charge in [-0.2, -0.15) is 5.01 Å². The van der Waals surface area contributed by atoms with Crippen LogP contribution in [0.2, 0.25) is 0 Å². The summed E-state index contributed by atoms with van der Waals surface area (Å²) in [7, 11) is 0. The van der Waals surface area contributed by atoms with Gasteiger partial charge in [-0.05, 0) is 44.4 Å². The highest BCUT2D eigenvalue weighted by molar-refractivity contribution is 6.08. The smallest absolute Gasteiger partial charge is 0.322 e. The number of urea groups is 1. The Labute approximate surface area is 169 Å². The van der Waals surface area contributed by atoms with Crippen LogP contribution >= 0.6 is 0 Å². The van der Waals surface area contributed by atoms with Crippen molar-refractivity contribution in [2.75, 3.05) is 6.54 Å². The van der Waals surface area contributed by atoms with Gasteiger partial charge in [0.05, 0.1) is 11.8 Å². The Morgan fingerprint density at radius 3 is 2.21 bits per heavy atom. The Hall–Kier alpha value is -2.45. The number of rotatable bonds is 4. The molecule has 2 atom stereocenters. The molecule has 2 saturated heterocycles. The van der Waals surface area contributed by atoms with Crippen LogP contribution in [0.1, 0.15) is 64.7 Å². The van der Waals surface area contributed by atoms with Crippen LogP contribution in [-0.2, 0) is 19.2 Å². The number of carbonyl (C=O) groups is 5. The van der Waals surface area contributed by atoms with Crippen molar-refractivity contribution in [3.63, 3.8) is 0 Å². The number of likely N-dealkylation sites (tertiary alicyclic amines) is 1. The lowest BCUT2D eigenvalue weighted by molar-refractivity contribution is -0.142. The molecular formula is C20H28N4O5. The Morgan fingerprint density at radius 1 is 1.03 bits per heavy atom. The lowest BCUT2D eigenvalue weighted by atomic mass is 9.77. The summed E-state index contributed by atoms with van der Waals surface area (Å²) < 4.78 is 0. The third-order valence-electron chi connectivity index (χ3n) is 7.02. The van der Waals surface area contributed by atoms with Gasteiger partial charge in [0.25, 0.3) is 5.91 Å². The highest BCUT2D eigenvalue weighted by Gasteiger charge is 2.53. The van der Waals surface area contributed by atoms with Gasteiger partial charge in [-0.25, -0.2) is 4.79 Å². The van der Waals surface area contributed by atoms with Crippen LogP contribution in [0.25, 0.3) is 0 Å². The largest absolute Gasteiger partial charge is 0.344 e. The monoisotopic (exact) mass is 404 g/mol. The van der Waals surface area contributed by atoms with E-state index < -0.39 is 23.4 Å². The van der Waals surface area contributed by atoms with E-state index in [0.29, 0.717) is 18.8 Å². The van der Waals surface area contributed by atoms with Crippen LogP contribution in [0.15, 0.2) is 0 Å². The summed E-state index contributed by atoms with van der Waals surface area (Å²) in [6, 6.07) is -0.628. The van der Waals surface area contributed by atoms with E-state index in [9.17, 15) is 24.0 Å². The van der Waals surface area contributed by atoms with Gasteiger partial charge in [-0.3, -0.25) is 29.5 Å². The molecule has 0 radical (unpaired) electrons. The van der Waals surface area contributed by atoms with Crippen molar-refractivity contribution >= 4 is 29.7 Å². The van der Waals surface area contributed by atoms with E-state index in [1.807, 2.05) is 0 Å². The Balaban J connectivity index is 1.33. The van der Waals surface area contributed by atoms with E-state index in [2.05, 4.69) is 17.7 Å². The standard InChI is InChI=1S/C20H28N4O5/c1-12-6-9-20(10-7-12)18(28)24(19(29)21-20)22-15(25)8-11-23-16(26)13-4-2-3-5-14(13)17(23)27/h12-14H,2-11H2,1H3,(H,21,29)(H,22,25)/t12?,13-,14-,20?/m0/s1. The predicted molar refractivity (Wildman–Crippen MR) is 101 cm³/mol.